The molecule has 0 bridgehead atoms. The molecule has 1 amide bonds. The molecule has 0 unspecified atom stereocenters. The van der Waals surface area contributed by atoms with E-state index < -0.39 is 18.0 Å². The highest BCUT2D eigenvalue weighted by molar-refractivity contribution is 9.10. The maximum atomic E-state index is 12.3. The fraction of sp³-hybridized carbons (Fsp3) is 0.143. The Labute approximate surface area is 91.4 Å². The maximum absolute atomic E-state index is 12.3. The molecule has 1 aromatic heterocycles. The van der Waals surface area contributed by atoms with Crippen LogP contribution in [0.25, 0.3) is 0 Å². The van der Waals surface area contributed by atoms with Crippen molar-refractivity contribution in [2.24, 2.45) is 5.73 Å². The smallest absolute Gasteiger partial charge is 0.281 e. The molecule has 1 aromatic rings. The van der Waals surface area contributed by atoms with E-state index in [-0.39, 0.29) is 15.2 Å². The first-order valence-electron chi connectivity index (χ1n) is 3.37. The molecule has 0 aromatic carbocycles. The lowest BCUT2D eigenvalue weighted by atomic mass is 10.3. The highest BCUT2D eigenvalue weighted by Gasteiger charge is 2.19. The zero-order valence-electron chi connectivity index (χ0n) is 6.60. The molecule has 0 saturated heterocycles. The number of aromatic nitrogens is 1. The van der Waals surface area contributed by atoms with Crippen LogP contribution in [0.3, 0.4) is 0 Å². The number of primary amides is 1. The molecule has 0 saturated carbocycles. The minimum atomic E-state index is -2.84. The van der Waals surface area contributed by atoms with Gasteiger partial charge >= 0.3 is 0 Å². The van der Waals surface area contributed by atoms with Crippen LogP contribution in [0.2, 0.25) is 5.02 Å². The topological polar surface area (TPSA) is 56.0 Å². The molecular formula is C7H4BrClF2N2O. The third-order valence-corrected chi connectivity index (χ3v) is 2.30. The average Bonchev–Trinajstić information content (AvgIpc) is 2.02. The van der Waals surface area contributed by atoms with Crippen LogP contribution >= 0.6 is 27.5 Å². The van der Waals surface area contributed by atoms with Crippen molar-refractivity contribution < 1.29 is 13.6 Å². The largest absolute Gasteiger partial charge is 0.364 e. The van der Waals surface area contributed by atoms with Crippen molar-refractivity contribution >= 4 is 33.4 Å². The van der Waals surface area contributed by atoms with Crippen molar-refractivity contribution in [2.45, 2.75) is 6.43 Å². The number of hydrogen-bond acceptors (Lipinski definition) is 2. The van der Waals surface area contributed by atoms with Crippen LogP contribution in [0.5, 0.6) is 0 Å². The van der Waals surface area contributed by atoms with Gasteiger partial charge in [-0.15, -0.1) is 0 Å². The molecule has 0 fully saturated rings. The van der Waals surface area contributed by atoms with Gasteiger partial charge in [-0.3, -0.25) is 4.79 Å². The first kappa shape index (κ1) is 11.3. The van der Waals surface area contributed by atoms with Crippen LogP contribution < -0.4 is 5.73 Å². The van der Waals surface area contributed by atoms with Crippen molar-refractivity contribution in [3.05, 3.63) is 26.9 Å². The predicted octanol–water partition coefficient (Wildman–Crippen LogP) is 2.53. The van der Waals surface area contributed by atoms with E-state index in [9.17, 15) is 13.6 Å². The molecule has 0 atom stereocenters. The van der Waals surface area contributed by atoms with E-state index in [0.717, 1.165) is 6.07 Å². The summed E-state index contributed by atoms with van der Waals surface area (Å²) in [4.78, 5) is 14.1. The Balaban J connectivity index is 3.34. The van der Waals surface area contributed by atoms with E-state index in [1.165, 1.54) is 0 Å². The molecule has 3 nitrogen and oxygen atoms in total. The Morgan fingerprint density at radius 2 is 2.21 bits per heavy atom. The third-order valence-electron chi connectivity index (χ3n) is 1.40. The first-order chi connectivity index (χ1) is 6.43. The zero-order valence-corrected chi connectivity index (χ0v) is 8.94. The van der Waals surface area contributed by atoms with E-state index >= 15 is 0 Å². The number of alkyl halides is 2. The van der Waals surface area contributed by atoms with Gasteiger partial charge in [-0.1, -0.05) is 11.6 Å². The van der Waals surface area contributed by atoms with E-state index in [0.29, 0.717) is 0 Å². The number of carbonyl (C=O) groups excluding carboxylic acids is 1. The maximum Gasteiger partial charge on any atom is 0.281 e. The van der Waals surface area contributed by atoms with Gasteiger partial charge in [0, 0.05) is 0 Å². The Morgan fingerprint density at radius 1 is 1.64 bits per heavy atom. The molecule has 0 aliphatic heterocycles. The van der Waals surface area contributed by atoms with Crippen LogP contribution in [-0.4, -0.2) is 10.9 Å². The van der Waals surface area contributed by atoms with Gasteiger partial charge in [0.1, 0.15) is 11.4 Å². The Hall–Kier alpha value is -0.750. The van der Waals surface area contributed by atoms with Gasteiger partial charge in [0.2, 0.25) is 0 Å². The summed E-state index contributed by atoms with van der Waals surface area (Å²) in [6, 6.07) is 1.16. The number of hydrogen-bond donors (Lipinski definition) is 1. The highest BCUT2D eigenvalue weighted by atomic mass is 79.9. The summed E-state index contributed by atoms with van der Waals surface area (Å²) in [6.07, 6.45) is -2.84. The van der Waals surface area contributed by atoms with E-state index in [1.807, 2.05) is 0 Å². The highest BCUT2D eigenvalue weighted by Crippen LogP contribution is 2.29. The number of nitrogens with zero attached hydrogens (tertiary/aromatic N) is 1. The summed E-state index contributed by atoms with van der Waals surface area (Å²) in [5.41, 5.74) is 4.01. The molecule has 1 heterocycles. The van der Waals surface area contributed by atoms with Crippen molar-refractivity contribution in [1.82, 2.24) is 4.98 Å². The average molecular weight is 285 g/mol. The Bertz CT molecular complexity index is 386. The second-order valence-corrected chi connectivity index (χ2v) is 3.61. The number of halogens is 4. The molecule has 2 N–H and O–H groups in total. The number of rotatable bonds is 2. The molecule has 7 heteroatoms. The predicted molar refractivity (Wildman–Crippen MR) is 50.4 cm³/mol. The molecule has 14 heavy (non-hydrogen) atoms. The summed E-state index contributed by atoms with van der Waals surface area (Å²) in [5, 5.41) is -0.211. The minimum absolute atomic E-state index is 0.194. The second kappa shape index (κ2) is 4.18. The fourth-order valence-electron chi connectivity index (χ4n) is 0.807. The van der Waals surface area contributed by atoms with Crippen molar-refractivity contribution in [1.29, 1.82) is 0 Å². The summed E-state index contributed by atoms with van der Waals surface area (Å²) >= 11 is 8.41. The summed E-state index contributed by atoms with van der Waals surface area (Å²) < 4.78 is 24.8. The van der Waals surface area contributed by atoms with E-state index in [4.69, 9.17) is 17.3 Å². The van der Waals surface area contributed by atoms with Crippen LogP contribution in [0.15, 0.2) is 10.5 Å². The van der Waals surface area contributed by atoms with Gasteiger partial charge < -0.3 is 5.73 Å². The Kier molecular flexibility index (Phi) is 3.38. The lowest BCUT2D eigenvalue weighted by Gasteiger charge is -2.05. The molecule has 0 aliphatic rings. The number of nitrogens with two attached hydrogens (primary N) is 1. The summed E-state index contributed by atoms with van der Waals surface area (Å²) in [7, 11) is 0. The standard InChI is InChI=1S/C7H4BrClF2N2O/c8-2-1-3(9)5(6(10)11)13-4(2)7(12)14/h1,6H,(H2,12,14). The van der Waals surface area contributed by atoms with Crippen molar-refractivity contribution in [3.63, 3.8) is 0 Å². The van der Waals surface area contributed by atoms with Crippen molar-refractivity contribution in [2.75, 3.05) is 0 Å². The monoisotopic (exact) mass is 284 g/mol. The van der Waals surface area contributed by atoms with Crippen LogP contribution in [0.4, 0.5) is 8.78 Å². The normalized spacial score (nSPS) is 10.6. The lowest BCUT2D eigenvalue weighted by Crippen LogP contribution is -2.15. The number of pyridine rings is 1. The first-order valence-corrected chi connectivity index (χ1v) is 4.54. The molecule has 0 aliphatic carbocycles. The summed E-state index contributed by atoms with van der Waals surface area (Å²) in [5.74, 6) is -0.893. The molecule has 1 rings (SSSR count). The minimum Gasteiger partial charge on any atom is -0.364 e. The van der Waals surface area contributed by atoms with Crippen LogP contribution in [0.1, 0.15) is 22.6 Å². The molecule has 0 radical (unpaired) electrons. The SMILES string of the molecule is NC(=O)c1nc(C(F)F)c(Cl)cc1Br. The van der Waals surface area contributed by atoms with E-state index in [1.54, 1.807) is 0 Å². The zero-order chi connectivity index (χ0) is 10.9. The van der Waals surface area contributed by atoms with Gasteiger partial charge in [-0.2, -0.15) is 0 Å². The fourth-order valence-corrected chi connectivity index (χ4v) is 1.69. The quantitative estimate of drug-likeness (QED) is 0.908. The summed E-state index contributed by atoms with van der Waals surface area (Å²) in [6.45, 7) is 0. The molecule has 0 spiro atoms. The van der Waals surface area contributed by atoms with Crippen LogP contribution in [0, 0.1) is 0 Å². The third kappa shape index (κ3) is 2.19. The van der Waals surface area contributed by atoms with Crippen molar-refractivity contribution in [3.8, 4) is 0 Å². The van der Waals surface area contributed by atoms with Crippen LogP contribution in [-0.2, 0) is 0 Å². The van der Waals surface area contributed by atoms with Gasteiger partial charge in [0.25, 0.3) is 12.3 Å². The van der Waals surface area contributed by atoms with E-state index in [2.05, 4.69) is 20.9 Å². The lowest BCUT2D eigenvalue weighted by molar-refractivity contribution is 0.0992. The number of amides is 1. The molecule has 76 valence electrons. The van der Waals surface area contributed by atoms with Gasteiger partial charge in [-0.05, 0) is 22.0 Å². The van der Waals surface area contributed by atoms with Gasteiger partial charge in [-0.25, -0.2) is 13.8 Å². The number of carbonyl (C=O) groups is 1. The molecular weight excluding hydrogens is 281 g/mol. The van der Waals surface area contributed by atoms with Gasteiger partial charge in [0.05, 0.1) is 9.50 Å². The van der Waals surface area contributed by atoms with Gasteiger partial charge in [0.15, 0.2) is 0 Å². The Morgan fingerprint density at radius 3 is 2.64 bits per heavy atom. The second-order valence-electron chi connectivity index (χ2n) is 2.35.